The average molecular weight is 516 g/mol. The van der Waals surface area contributed by atoms with Crippen LogP contribution >= 0.6 is 0 Å². The van der Waals surface area contributed by atoms with Crippen molar-refractivity contribution in [2.45, 2.75) is 6.42 Å². The molecule has 1 aliphatic rings. The maximum Gasteiger partial charge on any atom is 0.311 e. The molecular weight excluding hydrogens is 492 g/mol. The first-order valence-electron chi connectivity index (χ1n) is 10.8. The van der Waals surface area contributed by atoms with Crippen molar-refractivity contribution in [3.8, 4) is 17.2 Å². The van der Waals surface area contributed by atoms with Crippen LogP contribution in [0.3, 0.4) is 0 Å². The number of amides is 3. The SMILES string of the molecule is COc1ccc([N+](=O)[O-])c(NC(=O)COC(=O)[C@H]2CC(=O)N(NC(=O)c3c(OC)cccc3OC)C2)c1. The Bertz CT molecular complexity index is 1210. The van der Waals surface area contributed by atoms with Crippen molar-refractivity contribution in [1.82, 2.24) is 10.4 Å². The van der Waals surface area contributed by atoms with Gasteiger partial charge in [0.1, 0.15) is 28.5 Å². The molecule has 2 N–H and O–H groups in total. The van der Waals surface area contributed by atoms with Crippen molar-refractivity contribution in [2.75, 3.05) is 39.8 Å². The Balaban J connectivity index is 1.58. The number of nitro groups is 1. The second-order valence-corrected chi connectivity index (χ2v) is 7.68. The maximum atomic E-state index is 12.8. The molecule has 0 bridgehead atoms. The van der Waals surface area contributed by atoms with Crippen LogP contribution < -0.4 is 25.0 Å². The van der Waals surface area contributed by atoms with Gasteiger partial charge in [0, 0.05) is 18.6 Å². The summed E-state index contributed by atoms with van der Waals surface area (Å²) in [5.74, 6) is -3.14. The highest BCUT2D eigenvalue weighted by molar-refractivity contribution is 6.01. The molecular formula is C23H24N4O10. The van der Waals surface area contributed by atoms with Gasteiger partial charge >= 0.3 is 5.97 Å². The highest BCUT2D eigenvalue weighted by atomic mass is 16.6. The van der Waals surface area contributed by atoms with Gasteiger partial charge in [0.05, 0.1) is 38.7 Å². The molecule has 0 radical (unpaired) electrons. The summed E-state index contributed by atoms with van der Waals surface area (Å²) in [5, 5.41) is 14.5. The molecule has 14 heteroatoms. The molecule has 14 nitrogen and oxygen atoms in total. The highest BCUT2D eigenvalue weighted by Gasteiger charge is 2.37. The lowest BCUT2D eigenvalue weighted by Gasteiger charge is -2.19. The van der Waals surface area contributed by atoms with E-state index in [9.17, 15) is 29.3 Å². The quantitative estimate of drug-likeness (QED) is 0.266. The van der Waals surface area contributed by atoms with Crippen LogP contribution in [0.25, 0.3) is 0 Å². The standard InChI is InChI=1S/C23H24N4O10/c1-34-14-7-8-16(27(32)33)15(10-14)24-19(28)12-37-23(31)13-9-20(29)26(11-13)25-22(30)21-17(35-2)5-4-6-18(21)36-3/h4-8,10,13H,9,11-12H2,1-3H3,(H,24,28)(H,25,30)/t13-/m0/s1. The summed E-state index contributed by atoms with van der Waals surface area (Å²) in [6, 6.07) is 8.51. The normalized spacial score (nSPS) is 14.5. The number of carbonyl (C=O) groups excluding carboxylic acids is 4. The Morgan fingerprint density at radius 3 is 2.35 bits per heavy atom. The lowest BCUT2D eigenvalue weighted by molar-refractivity contribution is -0.383. The third-order valence-electron chi connectivity index (χ3n) is 5.37. The summed E-state index contributed by atoms with van der Waals surface area (Å²) in [7, 11) is 4.11. The first-order chi connectivity index (χ1) is 17.7. The Hall–Kier alpha value is -4.88. The first-order valence-corrected chi connectivity index (χ1v) is 10.8. The summed E-state index contributed by atoms with van der Waals surface area (Å²) >= 11 is 0. The zero-order valence-corrected chi connectivity index (χ0v) is 20.1. The molecule has 1 aliphatic heterocycles. The molecule has 0 saturated carbocycles. The Kier molecular flexibility index (Phi) is 8.45. The number of ether oxygens (including phenoxy) is 4. The summed E-state index contributed by atoms with van der Waals surface area (Å²) in [4.78, 5) is 60.4. The van der Waals surface area contributed by atoms with Gasteiger partial charge in [0.2, 0.25) is 5.91 Å². The van der Waals surface area contributed by atoms with Crippen LogP contribution in [0.15, 0.2) is 36.4 Å². The summed E-state index contributed by atoms with van der Waals surface area (Å²) in [6.45, 7) is -0.938. The molecule has 0 aromatic heterocycles. The number of esters is 1. The average Bonchev–Trinajstić information content (AvgIpc) is 3.26. The number of hydrazine groups is 1. The van der Waals surface area contributed by atoms with Gasteiger partial charge in [-0.1, -0.05) is 6.07 Å². The fourth-order valence-corrected chi connectivity index (χ4v) is 3.57. The number of methoxy groups -OCH3 is 3. The molecule has 2 aromatic carbocycles. The number of benzene rings is 2. The fourth-order valence-electron chi connectivity index (χ4n) is 3.57. The molecule has 1 heterocycles. The van der Waals surface area contributed by atoms with Gasteiger partial charge < -0.3 is 24.3 Å². The lowest BCUT2D eigenvalue weighted by atomic mass is 10.1. The number of nitrogens with zero attached hydrogens (tertiary/aromatic N) is 2. The first kappa shape index (κ1) is 26.7. The van der Waals surface area contributed by atoms with Crippen LogP contribution in [-0.2, 0) is 19.1 Å². The van der Waals surface area contributed by atoms with Crippen LogP contribution in [0, 0.1) is 16.0 Å². The van der Waals surface area contributed by atoms with Gasteiger partial charge in [-0.15, -0.1) is 0 Å². The molecule has 1 saturated heterocycles. The Morgan fingerprint density at radius 1 is 1.08 bits per heavy atom. The fraction of sp³-hybridized carbons (Fsp3) is 0.304. The highest BCUT2D eigenvalue weighted by Crippen LogP contribution is 2.30. The van der Waals surface area contributed by atoms with E-state index in [0.717, 1.165) is 11.1 Å². The number of nitrogens with one attached hydrogen (secondary N) is 2. The minimum absolute atomic E-state index is 0.0645. The second kappa shape index (κ2) is 11.7. The number of rotatable bonds is 10. The summed E-state index contributed by atoms with van der Waals surface area (Å²) < 4.78 is 20.4. The van der Waals surface area contributed by atoms with Crippen LogP contribution in [0.1, 0.15) is 16.8 Å². The zero-order chi connectivity index (χ0) is 27.1. The predicted molar refractivity (Wildman–Crippen MR) is 126 cm³/mol. The molecule has 0 unspecified atom stereocenters. The largest absolute Gasteiger partial charge is 0.497 e. The van der Waals surface area contributed by atoms with Crippen LogP contribution in [0.5, 0.6) is 17.2 Å². The molecule has 3 rings (SSSR count). The van der Waals surface area contributed by atoms with Gasteiger partial charge in [-0.2, -0.15) is 0 Å². The van der Waals surface area contributed by atoms with Gasteiger partial charge in [-0.25, -0.2) is 0 Å². The smallest absolute Gasteiger partial charge is 0.311 e. The maximum absolute atomic E-state index is 12.8. The van der Waals surface area contributed by atoms with E-state index in [2.05, 4.69) is 10.7 Å². The zero-order valence-electron chi connectivity index (χ0n) is 20.1. The number of nitro benzene ring substituents is 1. The van der Waals surface area contributed by atoms with E-state index in [-0.39, 0.29) is 47.2 Å². The molecule has 196 valence electrons. The van der Waals surface area contributed by atoms with Gasteiger partial charge in [-0.3, -0.25) is 39.7 Å². The molecule has 3 amide bonds. The Morgan fingerprint density at radius 2 is 1.76 bits per heavy atom. The minimum atomic E-state index is -0.952. The van der Waals surface area contributed by atoms with Crippen molar-refractivity contribution in [2.24, 2.45) is 5.92 Å². The van der Waals surface area contributed by atoms with Crippen LogP contribution in [-0.4, -0.2) is 68.1 Å². The molecule has 1 fully saturated rings. The van der Waals surface area contributed by atoms with Gasteiger partial charge in [0.15, 0.2) is 6.61 Å². The topological polar surface area (TPSA) is 176 Å². The van der Waals surface area contributed by atoms with E-state index < -0.39 is 41.1 Å². The van der Waals surface area contributed by atoms with E-state index in [1.54, 1.807) is 18.2 Å². The van der Waals surface area contributed by atoms with Gasteiger partial charge in [0.25, 0.3) is 17.5 Å². The Labute approximate surface area is 210 Å². The van der Waals surface area contributed by atoms with Crippen molar-refractivity contribution in [3.63, 3.8) is 0 Å². The van der Waals surface area contributed by atoms with E-state index in [1.165, 1.54) is 33.5 Å². The third kappa shape index (κ3) is 6.22. The third-order valence-corrected chi connectivity index (χ3v) is 5.37. The van der Waals surface area contributed by atoms with Gasteiger partial charge in [-0.05, 0) is 18.2 Å². The van der Waals surface area contributed by atoms with E-state index in [4.69, 9.17) is 18.9 Å². The minimum Gasteiger partial charge on any atom is -0.497 e. The summed E-state index contributed by atoms with van der Waals surface area (Å²) in [6.07, 6.45) is -0.259. The van der Waals surface area contributed by atoms with Crippen LogP contribution in [0.2, 0.25) is 0 Å². The lowest BCUT2D eigenvalue weighted by Crippen LogP contribution is -2.43. The number of anilines is 1. The molecule has 1 atom stereocenters. The van der Waals surface area contributed by atoms with E-state index in [1.807, 2.05) is 0 Å². The number of hydrogen-bond acceptors (Lipinski definition) is 10. The van der Waals surface area contributed by atoms with Crippen molar-refractivity contribution < 1.29 is 43.0 Å². The van der Waals surface area contributed by atoms with E-state index in [0.29, 0.717) is 0 Å². The molecule has 0 spiro atoms. The van der Waals surface area contributed by atoms with Crippen LogP contribution in [0.4, 0.5) is 11.4 Å². The molecule has 37 heavy (non-hydrogen) atoms. The number of hydrogen-bond donors (Lipinski definition) is 2. The number of carbonyl (C=O) groups is 4. The summed E-state index contributed by atoms with van der Waals surface area (Å²) in [5.41, 5.74) is 1.98. The van der Waals surface area contributed by atoms with Crippen molar-refractivity contribution in [1.29, 1.82) is 0 Å². The van der Waals surface area contributed by atoms with Crippen molar-refractivity contribution in [3.05, 3.63) is 52.1 Å². The molecule has 2 aromatic rings. The van der Waals surface area contributed by atoms with E-state index >= 15 is 0 Å². The second-order valence-electron chi connectivity index (χ2n) is 7.68. The van der Waals surface area contributed by atoms with Crippen molar-refractivity contribution >= 4 is 35.1 Å². The predicted octanol–water partition coefficient (Wildman–Crippen LogP) is 1.30. The molecule has 0 aliphatic carbocycles. The monoisotopic (exact) mass is 516 g/mol.